The van der Waals surface area contributed by atoms with Gasteiger partial charge >= 0.3 is 0 Å². The number of rotatable bonds is 10. The van der Waals surface area contributed by atoms with Gasteiger partial charge in [0.2, 0.25) is 0 Å². The summed E-state index contributed by atoms with van der Waals surface area (Å²) in [5.74, 6) is 1.03. The van der Waals surface area contributed by atoms with Crippen LogP contribution in [0, 0.1) is 0 Å². The normalized spacial score (nSPS) is 12.4. The van der Waals surface area contributed by atoms with E-state index < -0.39 is 0 Å². The Balaban J connectivity index is 2.29. The first kappa shape index (κ1) is 16.0. The second kappa shape index (κ2) is 9.85. The molecule has 0 aliphatic carbocycles. The van der Waals surface area contributed by atoms with Crippen molar-refractivity contribution in [2.75, 3.05) is 13.7 Å². The Bertz CT molecular complexity index is 338. The van der Waals surface area contributed by atoms with Crippen LogP contribution in [0.1, 0.15) is 64.0 Å². The molecule has 0 saturated carbocycles. The summed E-state index contributed by atoms with van der Waals surface area (Å²) in [7, 11) is 1.98. The van der Waals surface area contributed by atoms with Crippen molar-refractivity contribution in [1.82, 2.24) is 5.32 Å². The van der Waals surface area contributed by atoms with Gasteiger partial charge in [-0.3, -0.25) is 0 Å². The minimum Gasteiger partial charge on any atom is -0.493 e. The summed E-state index contributed by atoms with van der Waals surface area (Å²) < 4.78 is 5.93. The molecule has 0 fully saturated rings. The van der Waals surface area contributed by atoms with Gasteiger partial charge in [0.05, 0.1) is 6.61 Å². The van der Waals surface area contributed by atoms with Gasteiger partial charge in [-0.25, -0.2) is 0 Å². The van der Waals surface area contributed by atoms with Crippen LogP contribution in [0.3, 0.4) is 0 Å². The third-order valence-electron chi connectivity index (χ3n) is 3.57. The molecular formula is C17H29NO. The third-order valence-corrected chi connectivity index (χ3v) is 3.57. The molecule has 2 heteroatoms. The molecule has 1 rings (SSSR count). The maximum absolute atomic E-state index is 5.93. The molecule has 0 aliphatic heterocycles. The van der Waals surface area contributed by atoms with Gasteiger partial charge in [-0.1, -0.05) is 57.2 Å². The molecule has 0 bridgehead atoms. The zero-order valence-corrected chi connectivity index (χ0v) is 12.7. The minimum atomic E-state index is 0.334. The van der Waals surface area contributed by atoms with Gasteiger partial charge in [-0.05, 0) is 26.5 Å². The molecule has 0 spiro atoms. The Labute approximate surface area is 118 Å². The van der Waals surface area contributed by atoms with Crippen molar-refractivity contribution in [2.24, 2.45) is 0 Å². The average Bonchev–Trinajstić information content (AvgIpc) is 2.46. The standard InChI is InChI=1S/C17H29NO/c1-4-5-6-7-8-11-14-19-17-13-10-9-12-16(17)15(2)18-3/h9-10,12-13,15,18H,4-8,11,14H2,1-3H3. The van der Waals surface area contributed by atoms with E-state index >= 15 is 0 Å². The van der Waals surface area contributed by atoms with Crippen LogP contribution < -0.4 is 10.1 Å². The molecule has 0 amide bonds. The maximum atomic E-state index is 5.93. The predicted molar refractivity (Wildman–Crippen MR) is 82.8 cm³/mol. The molecule has 19 heavy (non-hydrogen) atoms. The largest absolute Gasteiger partial charge is 0.493 e. The topological polar surface area (TPSA) is 21.3 Å². The molecule has 1 unspecified atom stereocenters. The highest BCUT2D eigenvalue weighted by Gasteiger charge is 2.08. The van der Waals surface area contributed by atoms with Crippen molar-refractivity contribution < 1.29 is 4.74 Å². The second-order valence-electron chi connectivity index (χ2n) is 5.16. The summed E-state index contributed by atoms with van der Waals surface area (Å²) in [5, 5.41) is 3.27. The lowest BCUT2D eigenvalue weighted by molar-refractivity contribution is 0.299. The summed E-state index contributed by atoms with van der Waals surface area (Å²) in [6.07, 6.45) is 7.82. The molecule has 0 saturated heterocycles. The number of para-hydroxylation sites is 1. The lowest BCUT2D eigenvalue weighted by Gasteiger charge is -2.16. The number of unbranched alkanes of at least 4 members (excludes halogenated alkanes) is 5. The Morgan fingerprint density at radius 1 is 1.05 bits per heavy atom. The molecule has 0 aliphatic rings. The highest BCUT2D eigenvalue weighted by molar-refractivity contribution is 5.35. The van der Waals surface area contributed by atoms with Gasteiger partial charge in [0, 0.05) is 11.6 Å². The highest BCUT2D eigenvalue weighted by Crippen LogP contribution is 2.24. The molecule has 1 aromatic rings. The first-order valence-electron chi connectivity index (χ1n) is 7.68. The number of nitrogens with one attached hydrogen (secondary N) is 1. The van der Waals surface area contributed by atoms with Crippen LogP contribution >= 0.6 is 0 Å². The minimum absolute atomic E-state index is 0.334. The van der Waals surface area contributed by atoms with E-state index in [1.807, 2.05) is 13.1 Å². The van der Waals surface area contributed by atoms with Crippen molar-refractivity contribution in [3.05, 3.63) is 29.8 Å². The van der Waals surface area contributed by atoms with E-state index in [4.69, 9.17) is 4.74 Å². The van der Waals surface area contributed by atoms with Crippen LogP contribution in [-0.4, -0.2) is 13.7 Å². The smallest absolute Gasteiger partial charge is 0.124 e. The third kappa shape index (κ3) is 6.11. The molecule has 0 heterocycles. The van der Waals surface area contributed by atoms with Crippen LogP contribution in [0.5, 0.6) is 5.75 Å². The first-order valence-corrected chi connectivity index (χ1v) is 7.68. The Morgan fingerprint density at radius 2 is 1.74 bits per heavy atom. The van der Waals surface area contributed by atoms with Gasteiger partial charge in [-0.15, -0.1) is 0 Å². The monoisotopic (exact) mass is 263 g/mol. The molecule has 2 nitrogen and oxygen atoms in total. The zero-order chi connectivity index (χ0) is 13.9. The van der Waals surface area contributed by atoms with E-state index in [1.165, 1.54) is 37.7 Å². The van der Waals surface area contributed by atoms with Gasteiger partial charge in [-0.2, -0.15) is 0 Å². The highest BCUT2D eigenvalue weighted by atomic mass is 16.5. The second-order valence-corrected chi connectivity index (χ2v) is 5.16. The summed E-state index contributed by atoms with van der Waals surface area (Å²) in [5.41, 5.74) is 1.25. The van der Waals surface area contributed by atoms with Crippen molar-refractivity contribution in [3.8, 4) is 5.75 Å². The Kier molecular flexibility index (Phi) is 8.31. The maximum Gasteiger partial charge on any atom is 0.124 e. The van der Waals surface area contributed by atoms with E-state index in [9.17, 15) is 0 Å². The van der Waals surface area contributed by atoms with Crippen LogP contribution in [0.4, 0.5) is 0 Å². The average molecular weight is 263 g/mol. The van der Waals surface area contributed by atoms with E-state index in [0.29, 0.717) is 6.04 Å². The first-order chi connectivity index (χ1) is 9.29. The van der Waals surface area contributed by atoms with Crippen LogP contribution in [-0.2, 0) is 0 Å². The SMILES string of the molecule is CCCCCCCCOc1ccccc1C(C)NC. The quantitative estimate of drug-likeness (QED) is 0.617. The summed E-state index contributed by atoms with van der Waals surface area (Å²) >= 11 is 0. The molecule has 1 aromatic carbocycles. The van der Waals surface area contributed by atoms with Crippen LogP contribution in [0.15, 0.2) is 24.3 Å². The molecule has 0 aromatic heterocycles. The number of hydrogen-bond acceptors (Lipinski definition) is 2. The van der Waals surface area contributed by atoms with Gasteiger partial charge in [0.1, 0.15) is 5.75 Å². The fourth-order valence-corrected chi connectivity index (χ4v) is 2.19. The van der Waals surface area contributed by atoms with Gasteiger partial charge in [0.25, 0.3) is 0 Å². The Morgan fingerprint density at radius 3 is 2.47 bits per heavy atom. The lowest BCUT2D eigenvalue weighted by Crippen LogP contribution is -2.13. The van der Waals surface area contributed by atoms with E-state index in [1.54, 1.807) is 0 Å². The number of hydrogen-bond donors (Lipinski definition) is 1. The zero-order valence-electron chi connectivity index (χ0n) is 12.7. The van der Waals surface area contributed by atoms with E-state index in [2.05, 4.69) is 37.4 Å². The predicted octanol–water partition coefficient (Wildman–Crippen LogP) is 4.71. The molecule has 0 radical (unpaired) electrons. The fourth-order valence-electron chi connectivity index (χ4n) is 2.19. The van der Waals surface area contributed by atoms with Crippen LogP contribution in [0.2, 0.25) is 0 Å². The van der Waals surface area contributed by atoms with Crippen LogP contribution in [0.25, 0.3) is 0 Å². The summed E-state index contributed by atoms with van der Waals surface area (Å²) in [6, 6.07) is 8.65. The summed E-state index contributed by atoms with van der Waals surface area (Å²) in [4.78, 5) is 0. The molecule has 1 N–H and O–H groups in total. The lowest BCUT2D eigenvalue weighted by atomic mass is 10.1. The van der Waals surface area contributed by atoms with E-state index in [-0.39, 0.29) is 0 Å². The molecule has 1 atom stereocenters. The number of ether oxygens (including phenoxy) is 1. The van der Waals surface area contributed by atoms with Crippen molar-refractivity contribution >= 4 is 0 Å². The molecular weight excluding hydrogens is 234 g/mol. The van der Waals surface area contributed by atoms with Gasteiger partial charge in [0.15, 0.2) is 0 Å². The van der Waals surface area contributed by atoms with Crippen molar-refractivity contribution in [2.45, 2.75) is 58.4 Å². The van der Waals surface area contributed by atoms with Crippen molar-refractivity contribution in [3.63, 3.8) is 0 Å². The molecule has 108 valence electrons. The fraction of sp³-hybridized carbons (Fsp3) is 0.647. The number of benzene rings is 1. The van der Waals surface area contributed by atoms with Crippen molar-refractivity contribution in [1.29, 1.82) is 0 Å². The van der Waals surface area contributed by atoms with E-state index in [0.717, 1.165) is 18.8 Å². The van der Waals surface area contributed by atoms with Gasteiger partial charge < -0.3 is 10.1 Å². The summed E-state index contributed by atoms with van der Waals surface area (Å²) in [6.45, 7) is 5.25. The Hall–Kier alpha value is -1.02.